The van der Waals surface area contributed by atoms with Gasteiger partial charge < -0.3 is 0 Å². The van der Waals surface area contributed by atoms with E-state index in [1.165, 1.54) is 0 Å². The molecule has 0 atom stereocenters. The molecule has 0 spiro atoms. The van der Waals surface area contributed by atoms with Crippen LogP contribution in [-0.2, 0) is 0 Å². The van der Waals surface area contributed by atoms with Crippen LogP contribution in [0.5, 0.6) is 0 Å². The highest BCUT2D eigenvalue weighted by molar-refractivity contribution is 9.10. The summed E-state index contributed by atoms with van der Waals surface area (Å²) in [4.78, 5) is 4.03. The van der Waals surface area contributed by atoms with Crippen molar-refractivity contribution in [2.75, 3.05) is 6.54 Å². The summed E-state index contributed by atoms with van der Waals surface area (Å²) in [7, 11) is 0. The average Bonchev–Trinajstić information content (AvgIpc) is 1.64. The Balaban J connectivity index is 4.03. The molecule has 0 fully saturated rings. The van der Waals surface area contributed by atoms with Crippen LogP contribution in [0.1, 0.15) is 20.8 Å². The molecular weight excluding hydrogens is 201 g/mol. The third kappa shape index (κ3) is 3.93. The lowest BCUT2D eigenvalue weighted by Crippen LogP contribution is -2.18. The van der Waals surface area contributed by atoms with E-state index in [4.69, 9.17) is 11.6 Å². The highest BCUT2D eigenvalue weighted by atomic mass is 79.9. The minimum atomic E-state index is -0.162. The molecular formula is C6H11BrClN. The number of hydrogen-bond acceptors (Lipinski definition) is 1. The summed E-state index contributed by atoms with van der Waals surface area (Å²) in [6.45, 7) is 6.64. The van der Waals surface area contributed by atoms with Gasteiger partial charge in [0, 0.05) is 6.54 Å². The molecule has 0 saturated heterocycles. The van der Waals surface area contributed by atoms with Crippen LogP contribution in [-0.4, -0.2) is 16.0 Å². The molecule has 0 aliphatic rings. The van der Waals surface area contributed by atoms with E-state index in [0.717, 1.165) is 6.54 Å². The van der Waals surface area contributed by atoms with Crippen LogP contribution in [0.4, 0.5) is 0 Å². The molecule has 0 aromatic rings. The summed E-state index contributed by atoms with van der Waals surface area (Å²) in [6, 6.07) is 0. The second-order valence-electron chi connectivity index (χ2n) is 2.24. The largest absolute Gasteiger partial charge is 0.276 e. The first-order valence-corrected chi connectivity index (χ1v) is 4.05. The fraction of sp³-hybridized carbons (Fsp3) is 0.833. The SMILES string of the molecule is CCN=C(Cl)C(C)(C)Br. The van der Waals surface area contributed by atoms with Crippen molar-refractivity contribution in [3.8, 4) is 0 Å². The van der Waals surface area contributed by atoms with E-state index in [0.29, 0.717) is 5.17 Å². The number of aliphatic imine (C=N–C) groups is 1. The monoisotopic (exact) mass is 211 g/mol. The van der Waals surface area contributed by atoms with Crippen molar-refractivity contribution in [2.24, 2.45) is 4.99 Å². The topological polar surface area (TPSA) is 12.4 Å². The molecule has 0 aromatic carbocycles. The second-order valence-corrected chi connectivity index (χ2v) is 4.58. The van der Waals surface area contributed by atoms with Gasteiger partial charge in [-0.1, -0.05) is 27.5 Å². The minimum Gasteiger partial charge on any atom is -0.276 e. The fourth-order valence-corrected chi connectivity index (χ4v) is 0.572. The van der Waals surface area contributed by atoms with Crippen LogP contribution in [0.3, 0.4) is 0 Å². The van der Waals surface area contributed by atoms with Crippen molar-refractivity contribution < 1.29 is 0 Å². The Morgan fingerprint density at radius 3 is 2.22 bits per heavy atom. The standard InChI is InChI=1S/C6H11BrClN/c1-4-9-5(8)6(2,3)7/h4H2,1-3H3. The summed E-state index contributed by atoms with van der Waals surface area (Å²) in [5.41, 5.74) is 0. The van der Waals surface area contributed by atoms with Gasteiger partial charge in [0.15, 0.2) is 0 Å². The van der Waals surface area contributed by atoms with Crippen LogP contribution in [0.2, 0.25) is 0 Å². The predicted octanol–water partition coefficient (Wildman–Crippen LogP) is 2.82. The summed E-state index contributed by atoms with van der Waals surface area (Å²) in [6.07, 6.45) is 0. The maximum atomic E-state index is 5.76. The first-order valence-electron chi connectivity index (χ1n) is 2.87. The van der Waals surface area contributed by atoms with Crippen LogP contribution in [0, 0.1) is 0 Å². The van der Waals surface area contributed by atoms with E-state index >= 15 is 0 Å². The molecule has 0 saturated carbocycles. The molecule has 0 amide bonds. The van der Waals surface area contributed by atoms with E-state index < -0.39 is 0 Å². The molecule has 0 aromatic heterocycles. The summed E-state index contributed by atoms with van der Waals surface area (Å²) >= 11 is 9.14. The van der Waals surface area contributed by atoms with E-state index in [-0.39, 0.29) is 4.32 Å². The number of nitrogens with zero attached hydrogens (tertiary/aromatic N) is 1. The summed E-state index contributed by atoms with van der Waals surface area (Å²) in [5, 5.41) is 0.630. The molecule has 0 bridgehead atoms. The van der Waals surface area contributed by atoms with E-state index in [9.17, 15) is 0 Å². The highest BCUT2D eigenvalue weighted by Gasteiger charge is 2.17. The maximum absolute atomic E-state index is 5.76. The summed E-state index contributed by atoms with van der Waals surface area (Å²) < 4.78 is -0.162. The number of rotatable bonds is 2. The average molecular weight is 213 g/mol. The van der Waals surface area contributed by atoms with Crippen LogP contribution < -0.4 is 0 Å². The van der Waals surface area contributed by atoms with Crippen molar-refractivity contribution in [1.82, 2.24) is 0 Å². The lowest BCUT2D eigenvalue weighted by Gasteiger charge is -2.12. The van der Waals surface area contributed by atoms with Gasteiger partial charge in [-0.2, -0.15) is 0 Å². The van der Waals surface area contributed by atoms with Gasteiger partial charge in [0.2, 0.25) is 0 Å². The predicted molar refractivity (Wildman–Crippen MR) is 46.8 cm³/mol. The van der Waals surface area contributed by atoms with Gasteiger partial charge in [0.25, 0.3) is 0 Å². The molecule has 3 heteroatoms. The van der Waals surface area contributed by atoms with Crippen LogP contribution >= 0.6 is 27.5 Å². The van der Waals surface area contributed by atoms with Gasteiger partial charge in [0.1, 0.15) is 5.17 Å². The Morgan fingerprint density at radius 2 is 2.11 bits per heavy atom. The smallest absolute Gasteiger partial charge is 0.116 e. The first-order chi connectivity index (χ1) is 3.98. The summed E-state index contributed by atoms with van der Waals surface area (Å²) in [5.74, 6) is 0. The quantitative estimate of drug-likeness (QED) is 0.493. The lowest BCUT2D eigenvalue weighted by atomic mass is 10.2. The number of halogens is 2. The Morgan fingerprint density at radius 1 is 1.67 bits per heavy atom. The maximum Gasteiger partial charge on any atom is 0.116 e. The van der Waals surface area contributed by atoms with Crippen molar-refractivity contribution in [3.05, 3.63) is 0 Å². The molecule has 0 aliphatic carbocycles. The Labute approximate surface area is 69.6 Å². The Bertz CT molecular complexity index is 115. The zero-order chi connectivity index (χ0) is 7.49. The zero-order valence-corrected chi connectivity index (χ0v) is 8.25. The molecule has 0 radical (unpaired) electrons. The van der Waals surface area contributed by atoms with Gasteiger partial charge in [-0.15, -0.1) is 0 Å². The van der Waals surface area contributed by atoms with Crippen molar-refractivity contribution >= 4 is 32.7 Å². The molecule has 0 unspecified atom stereocenters. The minimum absolute atomic E-state index is 0.162. The van der Waals surface area contributed by atoms with Gasteiger partial charge in [-0.3, -0.25) is 4.99 Å². The van der Waals surface area contributed by atoms with Crippen molar-refractivity contribution in [2.45, 2.75) is 25.1 Å². The second kappa shape index (κ2) is 3.57. The molecule has 1 nitrogen and oxygen atoms in total. The van der Waals surface area contributed by atoms with E-state index in [1.54, 1.807) is 0 Å². The highest BCUT2D eigenvalue weighted by Crippen LogP contribution is 2.20. The first kappa shape index (κ1) is 9.44. The molecule has 54 valence electrons. The van der Waals surface area contributed by atoms with Crippen LogP contribution in [0.15, 0.2) is 4.99 Å². The molecule has 0 heterocycles. The normalized spacial score (nSPS) is 14.1. The van der Waals surface area contributed by atoms with Gasteiger partial charge in [-0.05, 0) is 20.8 Å². The number of alkyl halides is 1. The lowest BCUT2D eigenvalue weighted by molar-refractivity contribution is 0.968. The van der Waals surface area contributed by atoms with Gasteiger partial charge in [0.05, 0.1) is 4.32 Å². The Hall–Kier alpha value is 0.440. The third-order valence-electron chi connectivity index (χ3n) is 0.787. The molecule has 0 N–H and O–H groups in total. The zero-order valence-electron chi connectivity index (χ0n) is 5.91. The van der Waals surface area contributed by atoms with E-state index in [1.807, 2.05) is 20.8 Å². The van der Waals surface area contributed by atoms with Gasteiger partial charge in [-0.25, -0.2) is 0 Å². The third-order valence-corrected chi connectivity index (χ3v) is 1.98. The van der Waals surface area contributed by atoms with Crippen LogP contribution in [0.25, 0.3) is 0 Å². The van der Waals surface area contributed by atoms with E-state index in [2.05, 4.69) is 20.9 Å². The Kier molecular flexibility index (Phi) is 3.74. The van der Waals surface area contributed by atoms with Gasteiger partial charge >= 0.3 is 0 Å². The molecule has 0 rings (SSSR count). The van der Waals surface area contributed by atoms with Crippen molar-refractivity contribution in [3.63, 3.8) is 0 Å². The van der Waals surface area contributed by atoms with Crippen molar-refractivity contribution in [1.29, 1.82) is 0 Å². The molecule has 0 aliphatic heterocycles. The number of hydrogen-bond donors (Lipinski definition) is 0. The fourth-order valence-electron chi connectivity index (χ4n) is 0.327. The molecule has 9 heavy (non-hydrogen) atoms.